The third-order valence-corrected chi connectivity index (χ3v) is 6.09. The number of ether oxygens (including phenoxy) is 3. The molecule has 1 N–H and O–H groups in total. The summed E-state index contributed by atoms with van der Waals surface area (Å²) in [6, 6.07) is 12.6. The third-order valence-electron chi connectivity index (χ3n) is 6.09. The van der Waals surface area contributed by atoms with Gasteiger partial charge in [0.2, 0.25) is 5.91 Å². The molecule has 2 bridgehead atoms. The first-order chi connectivity index (χ1) is 15.1. The lowest BCUT2D eigenvalue weighted by Crippen LogP contribution is -2.43. The number of aryl methyl sites for hydroxylation is 1. The molecule has 2 aliphatic rings. The number of fused-ring (bicyclic) bond motifs is 3. The van der Waals surface area contributed by atoms with E-state index in [0.717, 1.165) is 66.2 Å². The first kappa shape index (κ1) is 21.7. The molecule has 1 fully saturated rings. The lowest BCUT2D eigenvalue weighted by molar-refractivity contribution is -0.127. The molecule has 1 saturated heterocycles. The van der Waals surface area contributed by atoms with Crippen molar-refractivity contribution in [2.45, 2.75) is 26.3 Å². The standard InChI is InChI=1S/C25H32N2O4/c1-18-14-19(5-7-23(18)29-2)20-6-8-24-22(15-20)17-27-10-3-4-21(16-27)25(28)26-9-11-30-12-13-31-24/h5-8,14-15,21H,3-4,9-13,16-17H2,1-2H3,(H,26,28). The summed E-state index contributed by atoms with van der Waals surface area (Å²) in [5.41, 5.74) is 4.55. The fraction of sp³-hybridized carbons (Fsp3) is 0.480. The molecular formula is C25H32N2O4. The van der Waals surface area contributed by atoms with Crippen LogP contribution in [0.5, 0.6) is 11.5 Å². The average molecular weight is 425 g/mol. The Morgan fingerprint density at radius 2 is 1.94 bits per heavy atom. The van der Waals surface area contributed by atoms with Gasteiger partial charge in [0.15, 0.2) is 0 Å². The van der Waals surface area contributed by atoms with E-state index >= 15 is 0 Å². The maximum absolute atomic E-state index is 12.5. The van der Waals surface area contributed by atoms with Gasteiger partial charge < -0.3 is 19.5 Å². The maximum Gasteiger partial charge on any atom is 0.224 e. The highest BCUT2D eigenvalue weighted by atomic mass is 16.5. The minimum Gasteiger partial charge on any atom is -0.496 e. The van der Waals surface area contributed by atoms with E-state index in [1.165, 1.54) is 0 Å². The van der Waals surface area contributed by atoms with Gasteiger partial charge in [-0.1, -0.05) is 12.1 Å². The van der Waals surface area contributed by atoms with Crippen molar-refractivity contribution < 1.29 is 19.0 Å². The number of rotatable bonds is 2. The largest absolute Gasteiger partial charge is 0.496 e. The van der Waals surface area contributed by atoms with E-state index in [1.807, 2.05) is 6.07 Å². The van der Waals surface area contributed by atoms with Crippen LogP contribution in [-0.4, -0.2) is 57.4 Å². The van der Waals surface area contributed by atoms with Gasteiger partial charge >= 0.3 is 0 Å². The van der Waals surface area contributed by atoms with Gasteiger partial charge in [-0.05, 0) is 67.3 Å². The van der Waals surface area contributed by atoms with Crippen molar-refractivity contribution in [3.05, 3.63) is 47.5 Å². The molecule has 2 atom stereocenters. The maximum atomic E-state index is 12.5. The molecule has 2 aromatic carbocycles. The first-order valence-corrected chi connectivity index (χ1v) is 11.1. The van der Waals surface area contributed by atoms with E-state index in [0.29, 0.717) is 26.4 Å². The molecular weight excluding hydrogens is 392 g/mol. The third kappa shape index (κ3) is 5.38. The Labute approximate surface area is 184 Å². The number of nitrogens with one attached hydrogen (secondary N) is 1. The van der Waals surface area contributed by atoms with Gasteiger partial charge in [-0.2, -0.15) is 0 Å². The van der Waals surface area contributed by atoms with Gasteiger partial charge in [0, 0.05) is 25.2 Å². The van der Waals surface area contributed by atoms with Crippen LogP contribution in [0.4, 0.5) is 0 Å². The molecule has 0 radical (unpaired) electrons. The number of carbonyl (C=O) groups is 1. The Kier molecular flexibility index (Phi) is 7.10. The Bertz CT molecular complexity index is 914. The zero-order valence-electron chi connectivity index (χ0n) is 18.5. The van der Waals surface area contributed by atoms with E-state index in [-0.39, 0.29) is 11.8 Å². The molecule has 0 saturated carbocycles. The van der Waals surface area contributed by atoms with Crippen molar-refractivity contribution in [2.24, 2.45) is 5.92 Å². The summed E-state index contributed by atoms with van der Waals surface area (Å²) in [6.45, 7) is 6.65. The number of carbonyl (C=O) groups excluding carboxylic acids is 1. The van der Waals surface area contributed by atoms with Gasteiger partial charge in [-0.3, -0.25) is 9.69 Å². The van der Waals surface area contributed by atoms with E-state index < -0.39 is 0 Å². The predicted molar refractivity (Wildman–Crippen MR) is 120 cm³/mol. The molecule has 0 spiro atoms. The fourth-order valence-corrected chi connectivity index (χ4v) is 4.44. The quantitative estimate of drug-likeness (QED) is 0.801. The minimum absolute atomic E-state index is 0.0356. The van der Waals surface area contributed by atoms with Crippen LogP contribution < -0.4 is 14.8 Å². The van der Waals surface area contributed by atoms with Gasteiger partial charge in [0.1, 0.15) is 18.1 Å². The summed E-state index contributed by atoms with van der Waals surface area (Å²) in [5.74, 6) is 1.96. The zero-order valence-corrected chi connectivity index (χ0v) is 18.5. The molecule has 31 heavy (non-hydrogen) atoms. The van der Waals surface area contributed by atoms with Gasteiger partial charge in [-0.25, -0.2) is 0 Å². The fourth-order valence-electron chi connectivity index (χ4n) is 4.44. The summed E-state index contributed by atoms with van der Waals surface area (Å²) in [6.07, 6.45) is 1.97. The van der Waals surface area contributed by atoms with Crippen LogP contribution in [0.15, 0.2) is 36.4 Å². The lowest BCUT2D eigenvalue weighted by Gasteiger charge is -2.32. The molecule has 4 rings (SSSR count). The highest BCUT2D eigenvalue weighted by molar-refractivity contribution is 5.79. The number of methoxy groups -OCH3 is 1. The van der Waals surface area contributed by atoms with Crippen LogP contribution in [0.1, 0.15) is 24.0 Å². The Morgan fingerprint density at radius 1 is 1.10 bits per heavy atom. The van der Waals surface area contributed by atoms with Crippen molar-refractivity contribution in [1.82, 2.24) is 10.2 Å². The normalized spacial score (nSPS) is 22.5. The lowest BCUT2D eigenvalue weighted by atomic mass is 9.95. The predicted octanol–water partition coefficient (Wildman–Crippen LogP) is 3.41. The Morgan fingerprint density at radius 3 is 2.77 bits per heavy atom. The molecule has 2 unspecified atom stereocenters. The SMILES string of the molecule is COc1ccc(-c2ccc3c(c2)CN2CCCC(C2)C(=O)NCCOCCO3)cc1C. The minimum atomic E-state index is 0.0356. The van der Waals surface area contributed by atoms with Crippen LogP contribution in [0.25, 0.3) is 11.1 Å². The van der Waals surface area contributed by atoms with Crippen LogP contribution in [0.2, 0.25) is 0 Å². The number of hydrogen-bond acceptors (Lipinski definition) is 5. The number of piperidine rings is 1. The highest BCUT2D eigenvalue weighted by Gasteiger charge is 2.26. The summed E-state index contributed by atoms with van der Waals surface area (Å²) in [4.78, 5) is 14.9. The molecule has 6 heteroatoms. The second kappa shape index (κ2) is 10.2. The average Bonchev–Trinajstić information content (AvgIpc) is 2.78. The van der Waals surface area contributed by atoms with Gasteiger partial charge in [0.25, 0.3) is 0 Å². The highest BCUT2D eigenvalue weighted by Crippen LogP contribution is 2.31. The summed E-state index contributed by atoms with van der Waals surface area (Å²) < 4.78 is 17.1. The zero-order chi connectivity index (χ0) is 21.6. The molecule has 0 aliphatic carbocycles. The van der Waals surface area contributed by atoms with Gasteiger partial charge in [-0.15, -0.1) is 0 Å². The molecule has 1 amide bonds. The second-order valence-electron chi connectivity index (χ2n) is 8.33. The molecule has 2 aromatic rings. The topological polar surface area (TPSA) is 60.0 Å². The van der Waals surface area contributed by atoms with Crippen molar-refractivity contribution in [3.63, 3.8) is 0 Å². The molecule has 2 aliphatic heterocycles. The Hall–Kier alpha value is -2.57. The first-order valence-electron chi connectivity index (χ1n) is 11.1. The van der Waals surface area contributed by atoms with Crippen LogP contribution in [0, 0.1) is 12.8 Å². The van der Waals surface area contributed by atoms with Crippen molar-refractivity contribution in [1.29, 1.82) is 0 Å². The number of nitrogens with zero attached hydrogens (tertiary/aromatic N) is 1. The molecule has 166 valence electrons. The summed E-state index contributed by atoms with van der Waals surface area (Å²) in [7, 11) is 1.70. The summed E-state index contributed by atoms with van der Waals surface area (Å²) in [5, 5.41) is 3.01. The second-order valence-corrected chi connectivity index (χ2v) is 8.33. The number of benzene rings is 2. The van der Waals surface area contributed by atoms with Crippen molar-refractivity contribution in [2.75, 3.05) is 46.6 Å². The van der Waals surface area contributed by atoms with E-state index in [2.05, 4.69) is 47.5 Å². The Balaban J connectivity index is 1.62. The molecule has 2 heterocycles. The molecule has 6 nitrogen and oxygen atoms in total. The summed E-state index contributed by atoms with van der Waals surface area (Å²) >= 11 is 0. The van der Waals surface area contributed by atoms with Crippen LogP contribution in [-0.2, 0) is 16.1 Å². The number of hydrogen-bond donors (Lipinski definition) is 1. The van der Waals surface area contributed by atoms with Crippen LogP contribution >= 0.6 is 0 Å². The van der Waals surface area contributed by atoms with E-state index in [1.54, 1.807) is 7.11 Å². The monoisotopic (exact) mass is 424 g/mol. The molecule has 0 aromatic heterocycles. The number of amides is 1. The van der Waals surface area contributed by atoms with Crippen molar-refractivity contribution in [3.8, 4) is 22.6 Å². The van der Waals surface area contributed by atoms with E-state index in [9.17, 15) is 4.79 Å². The smallest absolute Gasteiger partial charge is 0.224 e. The van der Waals surface area contributed by atoms with Gasteiger partial charge in [0.05, 0.1) is 26.2 Å². The van der Waals surface area contributed by atoms with Crippen molar-refractivity contribution >= 4 is 5.91 Å². The van der Waals surface area contributed by atoms with E-state index in [4.69, 9.17) is 14.2 Å². The van der Waals surface area contributed by atoms with Crippen LogP contribution in [0.3, 0.4) is 0 Å².